The lowest BCUT2D eigenvalue weighted by atomic mass is 10.1. The summed E-state index contributed by atoms with van der Waals surface area (Å²) in [6.07, 6.45) is 4.59. The fraction of sp³-hybridized carbons (Fsp3) is 0.231. The fourth-order valence-electron chi connectivity index (χ4n) is 2.03. The fourth-order valence-corrected chi connectivity index (χ4v) is 3.94. The van der Waals surface area contributed by atoms with E-state index in [4.69, 9.17) is 0 Å². The molecule has 1 atom stereocenters. The van der Waals surface area contributed by atoms with E-state index in [-0.39, 0.29) is 0 Å². The summed E-state index contributed by atoms with van der Waals surface area (Å²) < 4.78 is 0. The van der Waals surface area contributed by atoms with E-state index >= 15 is 0 Å². The van der Waals surface area contributed by atoms with Crippen LogP contribution in [-0.4, -0.2) is 8.07 Å². The van der Waals surface area contributed by atoms with Crippen LogP contribution in [0, 0.1) is 0 Å². The lowest BCUT2D eigenvalue weighted by molar-refractivity contribution is 1.17. The van der Waals surface area contributed by atoms with Crippen LogP contribution in [0.5, 0.6) is 0 Å². The Morgan fingerprint density at radius 3 is 2.71 bits per heavy atom. The van der Waals surface area contributed by atoms with Gasteiger partial charge in [-0.2, -0.15) is 0 Å². The van der Waals surface area contributed by atoms with Crippen LogP contribution in [0.2, 0.25) is 13.1 Å². The van der Waals surface area contributed by atoms with Gasteiger partial charge in [0.15, 0.2) is 0 Å². The molecule has 0 amide bonds. The van der Waals surface area contributed by atoms with Gasteiger partial charge in [0.2, 0.25) is 0 Å². The predicted octanol–water partition coefficient (Wildman–Crippen LogP) is 3.77. The predicted molar refractivity (Wildman–Crippen MR) is 65.9 cm³/mol. The van der Waals surface area contributed by atoms with Gasteiger partial charge in [0.25, 0.3) is 0 Å². The topological polar surface area (TPSA) is 0 Å². The van der Waals surface area contributed by atoms with E-state index in [2.05, 4.69) is 61.8 Å². The first-order valence-electron chi connectivity index (χ1n) is 5.06. The average Bonchev–Trinajstić information content (AvgIpc) is 2.61. The highest BCUT2D eigenvalue weighted by atomic mass is 28.3. The molecule has 0 aromatic heterocycles. The van der Waals surface area contributed by atoms with Gasteiger partial charge >= 0.3 is 0 Å². The number of fused-ring (bicyclic) bond motifs is 1. The second-order valence-electron chi connectivity index (χ2n) is 4.49. The van der Waals surface area contributed by atoms with E-state index in [1.807, 2.05) is 0 Å². The monoisotopic (exact) mass is 200 g/mol. The zero-order valence-electron chi connectivity index (χ0n) is 8.83. The van der Waals surface area contributed by atoms with Crippen LogP contribution in [0.1, 0.15) is 16.7 Å². The quantitative estimate of drug-likeness (QED) is 0.638. The molecular formula is C13H16Si. The van der Waals surface area contributed by atoms with Gasteiger partial charge in [0, 0.05) is 5.54 Å². The highest BCUT2D eigenvalue weighted by molar-refractivity contribution is 6.84. The molecule has 72 valence electrons. The third kappa shape index (κ3) is 1.38. The zero-order chi connectivity index (χ0) is 10.2. The molecule has 1 aliphatic rings. The van der Waals surface area contributed by atoms with Crippen molar-refractivity contribution in [1.29, 1.82) is 0 Å². The molecule has 0 radical (unpaired) electrons. The van der Waals surface area contributed by atoms with Crippen LogP contribution >= 0.6 is 0 Å². The molecular weight excluding hydrogens is 184 g/mol. The third-order valence-electron chi connectivity index (χ3n) is 3.13. The average molecular weight is 200 g/mol. The molecule has 0 nitrogen and oxygen atoms in total. The van der Waals surface area contributed by atoms with E-state index in [1.165, 1.54) is 11.1 Å². The summed E-state index contributed by atoms with van der Waals surface area (Å²) in [7, 11) is -1.32. The molecule has 0 spiro atoms. The molecule has 0 saturated carbocycles. The van der Waals surface area contributed by atoms with Crippen molar-refractivity contribution in [2.24, 2.45) is 0 Å². The molecule has 1 aliphatic carbocycles. The Balaban J connectivity index is 2.45. The molecule has 0 heterocycles. The number of rotatable bonds is 2. The van der Waals surface area contributed by atoms with Crippen molar-refractivity contribution < 1.29 is 0 Å². The molecule has 0 fully saturated rings. The normalized spacial score (nSPS) is 19.4. The van der Waals surface area contributed by atoms with E-state index in [0.29, 0.717) is 5.54 Å². The van der Waals surface area contributed by atoms with Crippen LogP contribution in [0.3, 0.4) is 0 Å². The van der Waals surface area contributed by atoms with Crippen LogP contribution < -0.4 is 0 Å². The summed E-state index contributed by atoms with van der Waals surface area (Å²) in [5, 5.41) is 0. The molecule has 1 aromatic rings. The second kappa shape index (κ2) is 3.25. The molecule has 1 aromatic carbocycles. The Labute approximate surface area is 87.0 Å². The maximum Gasteiger partial charge on any atom is 0.0824 e. The Kier molecular flexibility index (Phi) is 2.20. The van der Waals surface area contributed by atoms with Gasteiger partial charge in [-0.3, -0.25) is 0 Å². The van der Waals surface area contributed by atoms with E-state index in [9.17, 15) is 0 Å². The Bertz CT molecular complexity index is 388. The zero-order valence-corrected chi connectivity index (χ0v) is 9.83. The van der Waals surface area contributed by atoms with Crippen molar-refractivity contribution in [1.82, 2.24) is 0 Å². The lowest BCUT2D eigenvalue weighted by Gasteiger charge is -2.25. The third-order valence-corrected chi connectivity index (χ3v) is 6.29. The maximum absolute atomic E-state index is 3.98. The molecule has 0 N–H and O–H groups in total. The molecule has 14 heavy (non-hydrogen) atoms. The van der Waals surface area contributed by atoms with E-state index < -0.39 is 8.07 Å². The minimum absolute atomic E-state index is 0.621. The van der Waals surface area contributed by atoms with Crippen LogP contribution in [0.25, 0.3) is 6.08 Å². The first-order chi connectivity index (χ1) is 6.65. The first kappa shape index (κ1) is 9.47. The highest BCUT2D eigenvalue weighted by Gasteiger charge is 2.31. The van der Waals surface area contributed by atoms with Crippen LogP contribution in [0.4, 0.5) is 0 Å². The number of hydrogen-bond acceptors (Lipinski definition) is 0. The molecule has 0 saturated heterocycles. The van der Waals surface area contributed by atoms with Crippen molar-refractivity contribution >= 4 is 14.1 Å². The Hall–Kier alpha value is -1.08. The SMILES string of the molecule is C=C[Si](C)(C)C1C=Cc2ccccc21. The van der Waals surface area contributed by atoms with Gasteiger partial charge in [-0.25, -0.2) is 0 Å². The highest BCUT2D eigenvalue weighted by Crippen LogP contribution is 2.36. The van der Waals surface area contributed by atoms with Gasteiger partial charge in [-0.1, -0.05) is 49.5 Å². The summed E-state index contributed by atoms with van der Waals surface area (Å²) in [5.41, 5.74) is 5.68. The molecule has 0 bridgehead atoms. The molecule has 0 aliphatic heterocycles. The summed E-state index contributed by atoms with van der Waals surface area (Å²) in [6.45, 7) is 8.72. The van der Waals surface area contributed by atoms with E-state index in [0.717, 1.165) is 0 Å². The summed E-state index contributed by atoms with van der Waals surface area (Å²) in [5.74, 6) is 0. The van der Waals surface area contributed by atoms with Crippen LogP contribution in [-0.2, 0) is 0 Å². The van der Waals surface area contributed by atoms with Crippen molar-refractivity contribution in [2.75, 3.05) is 0 Å². The Morgan fingerprint density at radius 2 is 2.00 bits per heavy atom. The summed E-state index contributed by atoms with van der Waals surface area (Å²) >= 11 is 0. The molecule has 2 rings (SSSR count). The molecule has 1 heteroatoms. The van der Waals surface area contributed by atoms with Gasteiger partial charge in [0.05, 0.1) is 8.07 Å². The Morgan fingerprint density at radius 1 is 1.29 bits per heavy atom. The maximum atomic E-state index is 3.98. The number of benzene rings is 1. The minimum atomic E-state index is -1.32. The number of hydrogen-bond donors (Lipinski definition) is 0. The van der Waals surface area contributed by atoms with Gasteiger partial charge in [0.1, 0.15) is 0 Å². The first-order valence-corrected chi connectivity index (χ1v) is 8.21. The standard InChI is InChI=1S/C13H16Si/c1-4-14(2,3)13-10-9-11-7-5-6-8-12(11)13/h4-10,13H,1H2,2-3H3. The van der Waals surface area contributed by atoms with Gasteiger partial charge < -0.3 is 0 Å². The van der Waals surface area contributed by atoms with Crippen molar-refractivity contribution in [2.45, 2.75) is 18.6 Å². The second-order valence-corrected chi connectivity index (χ2v) is 9.16. The van der Waals surface area contributed by atoms with Crippen molar-refractivity contribution in [3.8, 4) is 0 Å². The molecule has 1 unspecified atom stereocenters. The number of allylic oxidation sites excluding steroid dienone is 1. The van der Waals surface area contributed by atoms with Crippen LogP contribution in [0.15, 0.2) is 42.6 Å². The summed E-state index contributed by atoms with van der Waals surface area (Å²) in [6, 6.07) is 8.68. The lowest BCUT2D eigenvalue weighted by Crippen LogP contribution is -2.30. The van der Waals surface area contributed by atoms with Crippen molar-refractivity contribution in [3.63, 3.8) is 0 Å². The summed E-state index contributed by atoms with van der Waals surface area (Å²) in [4.78, 5) is 0. The van der Waals surface area contributed by atoms with Crippen molar-refractivity contribution in [3.05, 3.63) is 53.7 Å². The smallest absolute Gasteiger partial charge is 0.0824 e. The van der Waals surface area contributed by atoms with E-state index in [1.54, 1.807) is 0 Å². The van der Waals surface area contributed by atoms with Gasteiger partial charge in [-0.15, -0.1) is 12.3 Å². The largest absolute Gasteiger partial charge is 0.107 e. The van der Waals surface area contributed by atoms with Gasteiger partial charge in [-0.05, 0) is 11.1 Å². The minimum Gasteiger partial charge on any atom is -0.107 e.